The molecule has 2 aromatic heterocycles. The van der Waals surface area contributed by atoms with E-state index >= 15 is 0 Å². The van der Waals surface area contributed by atoms with Gasteiger partial charge in [0.05, 0.1) is 0 Å². The quantitative estimate of drug-likeness (QED) is 0.830. The fraction of sp³-hybridized carbons (Fsp3) is 0.222. The van der Waals surface area contributed by atoms with Gasteiger partial charge in [0.1, 0.15) is 17.5 Å². The Labute approximate surface area is 91.6 Å². The van der Waals surface area contributed by atoms with E-state index in [1.54, 1.807) is 6.20 Å². The monoisotopic (exact) mass is 221 g/mol. The van der Waals surface area contributed by atoms with Crippen molar-refractivity contribution in [1.82, 2.24) is 15.0 Å². The van der Waals surface area contributed by atoms with E-state index in [2.05, 4.69) is 25.6 Å². The summed E-state index contributed by atoms with van der Waals surface area (Å²) in [6.07, 6.45) is 1.75. The van der Waals surface area contributed by atoms with Gasteiger partial charge in [-0.1, -0.05) is 0 Å². The molecule has 0 aliphatic heterocycles. The van der Waals surface area contributed by atoms with Crippen LogP contribution in [0.2, 0.25) is 0 Å². The highest BCUT2D eigenvalue weighted by Gasteiger charge is 2.01. The van der Waals surface area contributed by atoms with Crippen LogP contribution in [0.3, 0.4) is 0 Å². The number of hydrogen-bond donors (Lipinski definition) is 2. The van der Waals surface area contributed by atoms with Crippen LogP contribution in [0.25, 0.3) is 0 Å². The lowest BCUT2D eigenvalue weighted by molar-refractivity contribution is 1.05. The maximum atomic E-state index is 4.26. The van der Waals surface area contributed by atoms with Crippen molar-refractivity contribution in [2.45, 2.75) is 6.92 Å². The first kappa shape index (κ1) is 9.85. The first-order valence-electron chi connectivity index (χ1n) is 4.48. The minimum absolute atomic E-state index is 0.723. The molecule has 0 aliphatic carbocycles. The Hall–Kier alpha value is -1.69. The van der Waals surface area contributed by atoms with Crippen molar-refractivity contribution < 1.29 is 0 Å². The van der Waals surface area contributed by atoms with Gasteiger partial charge in [-0.2, -0.15) is 0 Å². The van der Waals surface area contributed by atoms with Crippen LogP contribution in [0.4, 0.5) is 16.8 Å². The fourth-order valence-electron chi connectivity index (χ4n) is 1.15. The number of aromatic nitrogens is 3. The van der Waals surface area contributed by atoms with Gasteiger partial charge in [-0.15, -0.1) is 11.3 Å². The van der Waals surface area contributed by atoms with Gasteiger partial charge in [0.15, 0.2) is 5.13 Å². The molecule has 0 amide bonds. The van der Waals surface area contributed by atoms with Gasteiger partial charge in [-0.3, -0.25) is 0 Å². The van der Waals surface area contributed by atoms with Crippen LogP contribution in [0.15, 0.2) is 17.6 Å². The van der Waals surface area contributed by atoms with E-state index in [0.717, 1.165) is 22.6 Å². The van der Waals surface area contributed by atoms with Gasteiger partial charge in [-0.05, 0) is 6.92 Å². The third-order valence-corrected chi connectivity index (χ3v) is 2.45. The second kappa shape index (κ2) is 4.22. The molecule has 0 saturated carbocycles. The molecule has 2 aromatic rings. The SMILES string of the molecule is CNc1cc(Nc2nccs2)nc(C)n1. The summed E-state index contributed by atoms with van der Waals surface area (Å²) >= 11 is 1.53. The number of anilines is 3. The summed E-state index contributed by atoms with van der Waals surface area (Å²) in [7, 11) is 1.83. The molecule has 15 heavy (non-hydrogen) atoms. The van der Waals surface area contributed by atoms with Crippen molar-refractivity contribution in [1.29, 1.82) is 0 Å². The number of rotatable bonds is 3. The molecule has 0 atom stereocenters. The zero-order valence-electron chi connectivity index (χ0n) is 8.48. The Balaban J connectivity index is 2.24. The molecular formula is C9H11N5S. The second-order valence-electron chi connectivity index (χ2n) is 2.90. The number of nitrogens with zero attached hydrogens (tertiary/aromatic N) is 3. The zero-order valence-corrected chi connectivity index (χ0v) is 9.30. The van der Waals surface area contributed by atoms with Crippen molar-refractivity contribution in [2.75, 3.05) is 17.7 Å². The van der Waals surface area contributed by atoms with Crippen molar-refractivity contribution >= 4 is 28.1 Å². The Morgan fingerprint density at radius 2 is 2.07 bits per heavy atom. The van der Waals surface area contributed by atoms with Crippen molar-refractivity contribution in [3.63, 3.8) is 0 Å². The maximum Gasteiger partial charge on any atom is 0.188 e. The lowest BCUT2D eigenvalue weighted by Gasteiger charge is -2.05. The molecule has 0 unspecified atom stereocenters. The molecule has 0 spiro atoms. The minimum atomic E-state index is 0.723. The summed E-state index contributed by atoms with van der Waals surface area (Å²) < 4.78 is 0. The third-order valence-electron chi connectivity index (χ3n) is 1.76. The maximum absolute atomic E-state index is 4.26. The van der Waals surface area contributed by atoms with E-state index in [9.17, 15) is 0 Å². The summed E-state index contributed by atoms with van der Waals surface area (Å²) in [5.41, 5.74) is 0. The Kier molecular flexibility index (Phi) is 2.77. The molecular weight excluding hydrogens is 210 g/mol. The standard InChI is InChI=1S/C9H11N5S/c1-6-12-7(10-2)5-8(13-6)14-9-11-3-4-15-9/h3-5H,1-2H3,(H2,10,11,12,13,14). The summed E-state index contributed by atoms with van der Waals surface area (Å²) in [4.78, 5) is 12.6. The Bertz CT molecular complexity index is 440. The van der Waals surface area contributed by atoms with Gasteiger partial charge in [0.25, 0.3) is 0 Å². The van der Waals surface area contributed by atoms with Gasteiger partial charge in [0, 0.05) is 24.7 Å². The van der Waals surface area contributed by atoms with Crippen LogP contribution in [-0.2, 0) is 0 Å². The molecule has 2 rings (SSSR count). The van der Waals surface area contributed by atoms with Crippen molar-refractivity contribution in [3.8, 4) is 0 Å². The molecule has 0 fully saturated rings. The largest absolute Gasteiger partial charge is 0.373 e. The van der Waals surface area contributed by atoms with Crippen LogP contribution in [0, 0.1) is 6.92 Å². The van der Waals surface area contributed by atoms with E-state index < -0.39 is 0 Å². The van der Waals surface area contributed by atoms with Gasteiger partial charge < -0.3 is 10.6 Å². The first-order valence-corrected chi connectivity index (χ1v) is 5.36. The van der Waals surface area contributed by atoms with E-state index in [-0.39, 0.29) is 0 Å². The molecule has 0 bridgehead atoms. The summed E-state index contributed by atoms with van der Waals surface area (Å²) in [6, 6.07) is 1.84. The molecule has 5 nitrogen and oxygen atoms in total. The highest BCUT2D eigenvalue weighted by atomic mass is 32.1. The van der Waals surface area contributed by atoms with Crippen LogP contribution in [0.5, 0.6) is 0 Å². The van der Waals surface area contributed by atoms with E-state index in [1.807, 2.05) is 25.4 Å². The average Bonchev–Trinajstić information content (AvgIpc) is 2.69. The van der Waals surface area contributed by atoms with Crippen LogP contribution in [-0.4, -0.2) is 22.0 Å². The summed E-state index contributed by atoms with van der Waals surface area (Å²) in [5, 5.41) is 8.84. The van der Waals surface area contributed by atoms with Crippen LogP contribution >= 0.6 is 11.3 Å². The molecule has 2 heterocycles. The van der Waals surface area contributed by atoms with Gasteiger partial charge >= 0.3 is 0 Å². The van der Waals surface area contributed by atoms with Crippen molar-refractivity contribution in [2.24, 2.45) is 0 Å². The predicted octanol–water partition coefficient (Wildman–Crippen LogP) is 2.03. The normalized spacial score (nSPS) is 10.0. The molecule has 78 valence electrons. The second-order valence-corrected chi connectivity index (χ2v) is 3.79. The van der Waals surface area contributed by atoms with Gasteiger partial charge in [-0.25, -0.2) is 15.0 Å². The number of thiazole rings is 1. The Morgan fingerprint density at radius 1 is 1.27 bits per heavy atom. The molecule has 0 saturated heterocycles. The molecule has 0 aromatic carbocycles. The smallest absolute Gasteiger partial charge is 0.188 e. The molecule has 6 heteroatoms. The first-order chi connectivity index (χ1) is 7.28. The predicted molar refractivity (Wildman–Crippen MR) is 61.7 cm³/mol. The van der Waals surface area contributed by atoms with E-state index in [0.29, 0.717) is 0 Å². The fourth-order valence-corrected chi connectivity index (χ4v) is 1.69. The molecule has 0 radical (unpaired) electrons. The lowest BCUT2D eigenvalue weighted by Crippen LogP contribution is -2.00. The van der Waals surface area contributed by atoms with Crippen LogP contribution < -0.4 is 10.6 Å². The molecule has 2 N–H and O–H groups in total. The van der Waals surface area contributed by atoms with E-state index in [4.69, 9.17) is 0 Å². The molecule has 0 aliphatic rings. The zero-order chi connectivity index (χ0) is 10.7. The lowest BCUT2D eigenvalue weighted by atomic mass is 10.5. The van der Waals surface area contributed by atoms with Crippen LogP contribution in [0.1, 0.15) is 5.82 Å². The third kappa shape index (κ3) is 2.41. The number of hydrogen-bond acceptors (Lipinski definition) is 6. The summed E-state index contributed by atoms with van der Waals surface area (Å²) in [5.74, 6) is 2.27. The number of aryl methyl sites for hydroxylation is 1. The number of nitrogens with one attached hydrogen (secondary N) is 2. The van der Waals surface area contributed by atoms with Crippen molar-refractivity contribution in [3.05, 3.63) is 23.5 Å². The highest BCUT2D eigenvalue weighted by molar-refractivity contribution is 7.13. The highest BCUT2D eigenvalue weighted by Crippen LogP contribution is 2.18. The summed E-state index contributed by atoms with van der Waals surface area (Å²) in [6.45, 7) is 1.86. The topological polar surface area (TPSA) is 62.7 Å². The van der Waals surface area contributed by atoms with Gasteiger partial charge in [0.2, 0.25) is 0 Å². The minimum Gasteiger partial charge on any atom is -0.373 e. The average molecular weight is 221 g/mol. The Morgan fingerprint density at radius 3 is 2.73 bits per heavy atom. The van der Waals surface area contributed by atoms with E-state index in [1.165, 1.54) is 11.3 Å².